The maximum Gasteiger partial charge on any atom is 0.238 e. The predicted molar refractivity (Wildman–Crippen MR) is 96.9 cm³/mol. The van der Waals surface area contributed by atoms with Gasteiger partial charge in [-0.25, -0.2) is 0 Å². The van der Waals surface area contributed by atoms with Crippen LogP contribution in [0.15, 0.2) is 12.1 Å². The summed E-state index contributed by atoms with van der Waals surface area (Å²) in [7, 11) is 4.75. The number of carbonyl (C=O) groups excluding carboxylic acids is 1. The molecule has 8 heteroatoms. The van der Waals surface area contributed by atoms with Gasteiger partial charge in [0, 0.05) is 11.3 Å². The molecule has 1 aromatic carbocycles. The van der Waals surface area contributed by atoms with Crippen LogP contribution in [-0.2, 0) is 4.79 Å². The molecule has 2 N–H and O–H groups in total. The molecule has 0 radical (unpaired) electrons. The Balaban J connectivity index is 2.17. The maximum atomic E-state index is 12.3. The minimum Gasteiger partial charge on any atom is -0.493 e. The molecule has 0 saturated heterocycles. The number of aryl methyl sites for hydroxylation is 1. The molecule has 7 nitrogen and oxygen atoms in total. The number of nitrogens with one attached hydrogen (secondary N) is 2. The fourth-order valence-electron chi connectivity index (χ4n) is 2.90. The van der Waals surface area contributed by atoms with E-state index in [1.165, 1.54) is 0 Å². The van der Waals surface area contributed by atoms with Crippen molar-refractivity contribution >= 4 is 23.5 Å². The van der Waals surface area contributed by atoms with E-state index in [1.54, 1.807) is 33.1 Å². The summed E-state index contributed by atoms with van der Waals surface area (Å²) in [5.74, 6) is 2.21. The van der Waals surface area contributed by atoms with Crippen LogP contribution < -0.4 is 19.5 Å². The zero-order valence-corrected chi connectivity index (χ0v) is 15.6. The van der Waals surface area contributed by atoms with Gasteiger partial charge in [0.05, 0.1) is 31.8 Å². The van der Waals surface area contributed by atoms with Crippen molar-refractivity contribution in [3.05, 3.63) is 29.0 Å². The van der Waals surface area contributed by atoms with Gasteiger partial charge in [0.1, 0.15) is 0 Å². The number of nitrogens with zero attached hydrogens (tertiary/aromatic N) is 1. The zero-order valence-electron chi connectivity index (χ0n) is 14.8. The number of fused-ring (bicyclic) bond motifs is 1. The van der Waals surface area contributed by atoms with Crippen molar-refractivity contribution < 1.29 is 19.0 Å². The molecule has 2 aromatic rings. The van der Waals surface area contributed by atoms with E-state index in [4.69, 9.17) is 14.2 Å². The molecule has 0 fully saturated rings. The SMILES string of the molecule is COc1cc([C@@H]2S[C@H](C)C(=O)Nc3n[nH]c(C)c32)cc(OC)c1OC. The molecule has 1 amide bonds. The smallest absolute Gasteiger partial charge is 0.238 e. The Bertz CT molecular complexity index is 780. The third-order valence-corrected chi connectivity index (χ3v) is 5.60. The Morgan fingerprint density at radius 1 is 1.12 bits per heavy atom. The topological polar surface area (TPSA) is 85.5 Å². The van der Waals surface area contributed by atoms with Gasteiger partial charge in [0.2, 0.25) is 11.7 Å². The second-order valence-electron chi connectivity index (χ2n) is 5.72. The Hall–Kier alpha value is -2.35. The maximum absolute atomic E-state index is 12.3. The number of ether oxygens (including phenoxy) is 3. The van der Waals surface area contributed by atoms with Crippen molar-refractivity contribution in [2.45, 2.75) is 24.3 Å². The highest BCUT2D eigenvalue weighted by atomic mass is 32.2. The van der Waals surface area contributed by atoms with E-state index in [0.29, 0.717) is 23.1 Å². The molecule has 0 aliphatic carbocycles. The number of hydrogen-bond donors (Lipinski definition) is 2. The van der Waals surface area contributed by atoms with Crippen LogP contribution in [0.2, 0.25) is 0 Å². The van der Waals surface area contributed by atoms with Gasteiger partial charge >= 0.3 is 0 Å². The summed E-state index contributed by atoms with van der Waals surface area (Å²) in [4.78, 5) is 12.3. The lowest BCUT2D eigenvalue weighted by atomic mass is 10.0. The summed E-state index contributed by atoms with van der Waals surface area (Å²) < 4.78 is 16.3. The summed E-state index contributed by atoms with van der Waals surface area (Å²) in [6, 6.07) is 3.83. The lowest BCUT2D eigenvalue weighted by molar-refractivity contribution is -0.115. The quantitative estimate of drug-likeness (QED) is 0.869. The number of hydrogen-bond acceptors (Lipinski definition) is 6. The molecule has 1 aliphatic rings. The molecule has 134 valence electrons. The van der Waals surface area contributed by atoms with Crippen LogP contribution in [0.25, 0.3) is 0 Å². The third kappa shape index (κ3) is 3.02. The minimum absolute atomic E-state index is 0.0623. The van der Waals surface area contributed by atoms with Crippen LogP contribution in [0.3, 0.4) is 0 Å². The summed E-state index contributed by atoms with van der Waals surface area (Å²) >= 11 is 1.56. The van der Waals surface area contributed by atoms with E-state index in [-0.39, 0.29) is 16.4 Å². The first-order chi connectivity index (χ1) is 12.0. The number of aromatic amines is 1. The van der Waals surface area contributed by atoms with Crippen molar-refractivity contribution in [2.75, 3.05) is 26.6 Å². The number of anilines is 1. The fourth-order valence-corrected chi connectivity index (χ4v) is 4.21. The number of carbonyl (C=O) groups is 1. The summed E-state index contributed by atoms with van der Waals surface area (Å²) in [6.07, 6.45) is 0. The number of thioether (sulfide) groups is 1. The monoisotopic (exact) mass is 363 g/mol. The number of H-pyrrole nitrogens is 1. The molecule has 25 heavy (non-hydrogen) atoms. The van der Waals surface area contributed by atoms with E-state index >= 15 is 0 Å². The van der Waals surface area contributed by atoms with Gasteiger partial charge in [0.25, 0.3) is 0 Å². The van der Waals surface area contributed by atoms with Crippen molar-refractivity contribution in [3.8, 4) is 17.2 Å². The summed E-state index contributed by atoms with van der Waals surface area (Å²) in [5.41, 5.74) is 2.82. The van der Waals surface area contributed by atoms with Gasteiger partial charge in [0.15, 0.2) is 17.3 Å². The van der Waals surface area contributed by atoms with Gasteiger partial charge in [-0.15, -0.1) is 11.8 Å². The largest absolute Gasteiger partial charge is 0.493 e. The van der Waals surface area contributed by atoms with Crippen molar-refractivity contribution in [1.29, 1.82) is 0 Å². The van der Waals surface area contributed by atoms with E-state index in [1.807, 2.05) is 26.0 Å². The highest BCUT2D eigenvalue weighted by molar-refractivity contribution is 8.01. The van der Waals surface area contributed by atoms with Crippen LogP contribution in [0, 0.1) is 6.92 Å². The van der Waals surface area contributed by atoms with Crippen molar-refractivity contribution in [3.63, 3.8) is 0 Å². The van der Waals surface area contributed by atoms with Crippen molar-refractivity contribution in [2.24, 2.45) is 0 Å². The lowest BCUT2D eigenvalue weighted by Gasteiger charge is -2.20. The summed E-state index contributed by atoms with van der Waals surface area (Å²) in [6.45, 7) is 3.83. The molecule has 1 aliphatic heterocycles. The first-order valence-electron chi connectivity index (χ1n) is 7.81. The first kappa shape index (κ1) is 17.5. The molecular formula is C17H21N3O4S. The standard InChI is InChI=1S/C17H21N3O4S/c1-8-13-15(25-9(2)17(21)18-16(13)20-19-8)10-6-11(22-3)14(24-5)12(7-10)23-4/h6-7,9,15H,1-5H3,(H2,18,19,20,21)/t9-,15+/m1/s1. The lowest BCUT2D eigenvalue weighted by Crippen LogP contribution is -2.21. The van der Waals surface area contributed by atoms with Gasteiger partial charge in [-0.3, -0.25) is 9.89 Å². The summed E-state index contributed by atoms with van der Waals surface area (Å²) in [5, 5.41) is 9.75. The highest BCUT2D eigenvalue weighted by Crippen LogP contribution is 2.48. The molecular weight excluding hydrogens is 342 g/mol. The zero-order chi connectivity index (χ0) is 18.1. The minimum atomic E-state index is -0.224. The average molecular weight is 363 g/mol. The predicted octanol–water partition coefficient (Wildman–Crippen LogP) is 2.91. The fraction of sp³-hybridized carbons (Fsp3) is 0.412. The Morgan fingerprint density at radius 3 is 2.32 bits per heavy atom. The molecule has 2 heterocycles. The van der Waals surface area contributed by atoms with Crippen LogP contribution >= 0.6 is 11.8 Å². The number of amides is 1. The van der Waals surface area contributed by atoms with Crippen molar-refractivity contribution in [1.82, 2.24) is 10.2 Å². The molecule has 0 saturated carbocycles. The van der Waals surface area contributed by atoms with Gasteiger partial charge < -0.3 is 19.5 Å². The Labute approximate surface area is 150 Å². The van der Waals surface area contributed by atoms with Gasteiger partial charge in [-0.05, 0) is 31.5 Å². The molecule has 2 atom stereocenters. The second kappa shape index (κ2) is 6.87. The molecule has 0 unspecified atom stereocenters. The second-order valence-corrected chi connectivity index (χ2v) is 7.17. The van der Waals surface area contributed by atoms with Gasteiger partial charge in [-0.2, -0.15) is 5.10 Å². The van der Waals surface area contributed by atoms with E-state index in [9.17, 15) is 4.79 Å². The number of benzene rings is 1. The van der Waals surface area contributed by atoms with Crippen LogP contribution in [0.5, 0.6) is 17.2 Å². The number of methoxy groups -OCH3 is 3. The molecule has 1 aromatic heterocycles. The average Bonchev–Trinajstić information content (AvgIpc) is 2.91. The van der Waals surface area contributed by atoms with Gasteiger partial charge in [-0.1, -0.05) is 0 Å². The normalized spacial score (nSPS) is 19.6. The molecule has 0 bridgehead atoms. The number of rotatable bonds is 4. The Morgan fingerprint density at radius 2 is 1.76 bits per heavy atom. The van der Waals surface area contributed by atoms with Crippen LogP contribution in [0.1, 0.15) is 29.0 Å². The van der Waals surface area contributed by atoms with E-state index in [2.05, 4.69) is 15.5 Å². The first-order valence-corrected chi connectivity index (χ1v) is 8.75. The molecule has 0 spiro atoms. The van der Waals surface area contributed by atoms with Crippen LogP contribution in [-0.4, -0.2) is 42.7 Å². The Kier molecular flexibility index (Phi) is 4.80. The van der Waals surface area contributed by atoms with E-state index in [0.717, 1.165) is 16.8 Å². The number of aromatic nitrogens is 2. The van der Waals surface area contributed by atoms with Crippen LogP contribution in [0.4, 0.5) is 5.82 Å². The third-order valence-electron chi connectivity index (χ3n) is 4.20. The van der Waals surface area contributed by atoms with E-state index < -0.39 is 0 Å². The highest BCUT2D eigenvalue weighted by Gasteiger charge is 2.33. The molecule has 3 rings (SSSR count).